The predicted molar refractivity (Wildman–Crippen MR) is 221 cm³/mol. The summed E-state index contributed by atoms with van der Waals surface area (Å²) in [5.41, 5.74) is 12.9. The van der Waals surface area contributed by atoms with Crippen molar-refractivity contribution in [3.63, 3.8) is 0 Å². The monoisotopic (exact) mass is 693 g/mol. The van der Waals surface area contributed by atoms with Crippen molar-refractivity contribution < 1.29 is 8.83 Å². The molecule has 0 saturated carbocycles. The molecule has 0 fully saturated rings. The first-order chi connectivity index (χ1) is 26.8. The van der Waals surface area contributed by atoms with Gasteiger partial charge in [-0.25, -0.2) is 4.98 Å². The Labute approximate surface area is 310 Å². The minimum absolute atomic E-state index is 0.595. The van der Waals surface area contributed by atoms with Crippen molar-refractivity contribution in [2.45, 2.75) is 0 Å². The van der Waals surface area contributed by atoms with Gasteiger partial charge in [0.1, 0.15) is 16.7 Å². The fraction of sp³-hybridized carbons (Fsp3) is 0. The lowest BCUT2D eigenvalue weighted by atomic mass is 10.0. The van der Waals surface area contributed by atoms with E-state index in [2.05, 4.69) is 155 Å². The van der Waals surface area contributed by atoms with E-state index in [1.807, 2.05) is 42.5 Å². The van der Waals surface area contributed by atoms with Crippen molar-refractivity contribution in [3.8, 4) is 28.3 Å². The lowest BCUT2D eigenvalue weighted by Gasteiger charge is -2.26. The van der Waals surface area contributed by atoms with Gasteiger partial charge in [-0.3, -0.25) is 0 Å². The van der Waals surface area contributed by atoms with Gasteiger partial charge in [-0.05, 0) is 90.0 Å². The number of para-hydroxylation sites is 2. The summed E-state index contributed by atoms with van der Waals surface area (Å²) in [5.74, 6) is 0.595. The number of furan rings is 1. The average Bonchev–Trinajstić information content (AvgIpc) is 3.94. The van der Waals surface area contributed by atoms with E-state index < -0.39 is 0 Å². The summed E-state index contributed by atoms with van der Waals surface area (Å²) in [6, 6.07) is 65.7. The second-order valence-electron chi connectivity index (χ2n) is 13.6. The molecule has 11 aromatic rings. The van der Waals surface area contributed by atoms with Crippen molar-refractivity contribution in [2.75, 3.05) is 4.90 Å². The molecule has 0 spiro atoms. The SMILES string of the molecule is c1ccc(-c2ccc(N(c3ccc4c(c3)oc3ccc5oc(-c6ccccc6)nc5c34)c3ccc4c5ccccc5n(-c5ccccc5)c4c3)cc2)cc1. The van der Waals surface area contributed by atoms with E-state index in [-0.39, 0.29) is 0 Å². The third kappa shape index (κ3) is 4.83. The zero-order chi connectivity index (χ0) is 35.6. The molecule has 0 aliphatic heterocycles. The highest BCUT2D eigenvalue weighted by Gasteiger charge is 2.21. The molecular formula is C49H31N3O2. The normalized spacial score (nSPS) is 11.7. The molecule has 5 heteroatoms. The minimum atomic E-state index is 0.595. The van der Waals surface area contributed by atoms with Crippen LogP contribution in [0, 0.1) is 0 Å². The summed E-state index contributed by atoms with van der Waals surface area (Å²) in [6.45, 7) is 0. The Morgan fingerprint density at radius 1 is 0.407 bits per heavy atom. The van der Waals surface area contributed by atoms with Gasteiger partial charge >= 0.3 is 0 Å². The number of oxazole rings is 1. The van der Waals surface area contributed by atoms with Crippen molar-refractivity contribution in [2.24, 2.45) is 0 Å². The first-order valence-corrected chi connectivity index (χ1v) is 18.1. The highest BCUT2D eigenvalue weighted by molar-refractivity contribution is 6.17. The molecule has 11 rings (SSSR count). The van der Waals surface area contributed by atoms with Crippen LogP contribution < -0.4 is 4.90 Å². The van der Waals surface area contributed by atoms with Gasteiger partial charge in [0.05, 0.1) is 16.4 Å². The molecule has 0 aliphatic carbocycles. The molecule has 8 aromatic carbocycles. The van der Waals surface area contributed by atoms with E-state index in [0.717, 1.165) is 72.4 Å². The Morgan fingerprint density at radius 2 is 1.00 bits per heavy atom. The molecule has 0 aliphatic rings. The van der Waals surface area contributed by atoms with Crippen LogP contribution in [0.25, 0.3) is 83.1 Å². The number of nitrogens with zero attached hydrogens (tertiary/aromatic N) is 3. The zero-order valence-electron chi connectivity index (χ0n) is 29.1. The Balaban J connectivity index is 1.11. The molecule has 3 heterocycles. The van der Waals surface area contributed by atoms with Crippen LogP contribution in [0.5, 0.6) is 0 Å². The van der Waals surface area contributed by atoms with E-state index in [0.29, 0.717) is 5.89 Å². The molecule has 0 N–H and O–H groups in total. The Kier molecular flexibility index (Phi) is 6.79. The number of hydrogen-bond donors (Lipinski definition) is 0. The number of anilines is 3. The van der Waals surface area contributed by atoms with E-state index >= 15 is 0 Å². The van der Waals surface area contributed by atoms with Gasteiger partial charge in [-0.15, -0.1) is 0 Å². The maximum Gasteiger partial charge on any atom is 0.227 e. The number of rotatable bonds is 6. The molecule has 3 aromatic heterocycles. The summed E-state index contributed by atoms with van der Waals surface area (Å²) in [5, 5.41) is 4.37. The van der Waals surface area contributed by atoms with E-state index in [1.54, 1.807) is 0 Å². The Hall–Kier alpha value is -7.37. The summed E-state index contributed by atoms with van der Waals surface area (Å²) in [7, 11) is 0. The third-order valence-corrected chi connectivity index (χ3v) is 10.4. The third-order valence-electron chi connectivity index (χ3n) is 10.4. The zero-order valence-corrected chi connectivity index (χ0v) is 29.1. The minimum Gasteiger partial charge on any atom is -0.456 e. The Morgan fingerprint density at radius 3 is 1.78 bits per heavy atom. The van der Waals surface area contributed by atoms with Crippen LogP contribution in [0.3, 0.4) is 0 Å². The van der Waals surface area contributed by atoms with Gasteiger partial charge in [0.15, 0.2) is 5.58 Å². The smallest absolute Gasteiger partial charge is 0.227 e. The van der Waals surface area contributed by atoms with Crippen molar-refractivity contribution >= 4 is 71.9 Å². The second kappa shape index (κ2) is 12.1. The van der Waals surface area contributed by atoms with Gasteiger partial charge in [-0.1, -0.05) is 103 Å². The van der Waals surface area contributed by atoms with E-state index in [9.17, 15) is 0 Å². The highest BCUT2D eigenvalue weighted by Crippen LogP contribution is 2.43. The molecule has 0 bridgehead atoms. The molecular weight excluding hydrogens is 663 g/mol. The Bertz CT molecular complexity index is 3140. The van der Waals surface area contributed by atoms with Crippen molar-refractivity contribution in [1.29, 1.82) is 0 Å². The van der Waals surface area contributed by atoms with Crippen LogP contribution in [0.4, 0.5) is 17.1 Å². The summed E-state index contributed by atoms with van der Waals surface area (Å²) < 4.78 is 15.2. The summed E-state index contributed by atoms with van der Waals surface area (Å²) in [6.07, 6.45) is 0. The van der Waals surface area contributed by atoms with Crippen molar-refractivity contribution in [3.05, 3.63) is 188 Å². The van der Waals surface area contributed by atoms with Crippen LogP contribution in [0.1, 0.15) is 0 Å². The number of aromatic nitrogens is 2. The molecule has 5 nitrogen and oxygen atoms in total. The number of benzene rings is 8. The van der Waals surface area contributed by atoms with Gasteiger partial charge in [0.25, 0.3) is 0 Å². The van der Waals surface area contributed by atoms with Gasteiger partial charge in [0.2, 0.25) is 5.89 Å². The first kappa shape index (κ1) is 30.3. The second-order valence-corrected chi connectivity index (χ2v) is 13.6. The fourth-order valence-corrected chi connectivity index (χ4v) is 7.92. The van der Waals surface area contributed by atoms with Gasteiger partial charge in [0, 0.05) is 50.5 Å². The van der Waals surface area contributed by atoms with Crippen LogP contribution in [0.15, 0.2) is 197 Å². The van der Waals surface area contributed by atoms with E-state index in [4.69, 9.17) is 13.8 Å². The fourth-order valence-electron chi connectivity index (χ4n) is 7.92. The molecule has 0 saturated heterocycles. The molecule has 0 unspecified atom stereocenters. The largest absolute Gasteiger partial charge is 0.456 e. The number of hydrogen-bond acceptors (Lipinski definition) is 4. The maximum atomic E-state index is 6.59. The molecule has 54 heavy (non-hydrogen) atoms. The lowest BCUT2D eigenvalue weighted by Crippen LogP contribution is -2.10. The maximum absolute atomic E-state index is 6.59. The van der Waals surface area contributed by atoms with Crippen LogP contribution in [-0.2, 0) is 0 Å². The van der Waals surface area contributed by atoms with Crippen LogP contribution in [-0.4, -0.2) is 9.55 Å². The van der Waals surface area contributed by atoms with Crippen molar-refractivity contribution in [1.82, 2.24) is 9.55 Å². The molecule has 254 valence electrons. The van der Waals surface area contributed by atoms with Gasteiger partial charge < -0.3 is 18.3 Å². The first-order valence-electron chi connectivity index (χ1n) is 18.1. The highest BCUT2D eigenvalue weighted by atomic mass is 16.4. The standard InChI is InChI=1S/C49H31N3O2/c1-4-12-32(13-5-1)33-20-22-36(23-21-33)51(37-24-26-40-39-18-10-11-19-42(39)52(43(40)30-37)35-16-8-3-9-17-35)38-25-27-41-46(31-38)53-44-28-29-45-48(47(41)44)50-49(54-45)34-14-6-2-7-15-34/h1-31H. The average molecular weight is 694 g/mol. The number of fused-ring (bicyclic) bond motifs is 8. The van der Waals surface area contributed by atoms with Crippen LogP contribution in [0.2, 0.25) is 0 Å². The topological polar surface area (TPSA) is 47.3 Å². The molecule has 0 atom stereocenters. The van der Waals surface area contributed by atoms with E-state index in [1.165, 1.54) is 21.9 Å². The summed E-state index contributed by atoms with van der Waals surface area (Å²) >= 11 is 0. The molecule has 0 radical (unpaired) electrons. The predicted octanol–water partition coefficient (Wildman–Crippen LogP) is 13.6. The summed E-state index contributed by atoms with van der Waals surface area (Å²) in [4.78, 5) is 7.27. The lowest BCUT2D eigenvalue weighted by molar-refractivity contribution is 0.619. The molecule has 0 amide bonds. The van der Waals surface area contributed by atoms with Gasteiger partial charge in [-0.2, -0.15) is 0 Å². The quantitative estimate of drug-likeness (QED) is 0.174. The van der Waals surface area contributed by atoms with Crippen LogP contribution >= 0.6 is 0 Å².